The van der Waals surface area contributed by atoms with Crippen molar-refractivity contribution < 1.29 is 55.6 Å². The number of hydrogen-bond donors (Lipinski definition) is 2. The number of hydrogen-bond acceptors (Lipinski definition) is 4. The minimum atomic E-state index is -1.14. The van der Waals surface area contributed by atoms with E-state index in [1.54, 1.807) is 41.3 Å². The molecule has 2 fully saturated rings. The summed E-state index contributed by atoms with van der Waals surface area (Å²) in [5, 5.41) is 19.0. The number of phenolic OH excluding ortho intramolecular Hbond substituents is 1. The number of aliphatic carboxylic acids is 1. The SMILES string of the molecule is CC(=O)N1C[C@H]2CC(/C=C/c3ccc(O)cc3)=C(C(=O)O)N3C(=O)[C@@H]1[C@@H]23.[H-].[Na+]. The second-order valence-corrected chi connectivity index (χ2v) is 6.88. The molecule has 8 heteroatoms. The fraction of sp³-hybridized carbons (Fsp3) is 0.316. The van der Waals surface area contributed by atoms with Gasteiger partial charge >= 0.3 is 35.5 Å². The first-order valence-electron chi connectivity index (χ1n) is 8.42. The minimum absolute atomic E-state index is 0. The number of carboxylic acids is 1. The van der Waals surface area contributed by atoms with E-state index in [-0.39, 0.29) is 66.2 Å². The summed E-state index contributed by atoms with van der Waals surface area (Å²) in [5.74, 6) is -1.41. The Morgan fingerprint density at radius 3 is 2.48 bits per heavy atom. The molecule has 2 N–H and O–H groups in total. The molecule has 3 atom stereocenters. The second-order valence-electron chi connectivity index (χ2n) is 6.88. The maximum atomic E-state index is 12.5. The number of phenols is 1. The number of amides is 2. The predicted octanol–water partition coefficient (Wildman–Crippen LogP) is -1.68. The van der Waals surface area contributed by atoms with Crippen LogP contribution >= 0.6 is 0 Å². The van der Waals surface area contributed by atoms with Gasteiger partial charge in [-0.25, -0.2) is 4.79 Å². The van der Waals surface area contributed by atoms with Crippen molar-refractivity contribution in [3.63, 3.8) is 0 Å². The molecular formula is C19H19N2NaO5. The molecule has 0 aromatic heterocycles. The second kappa shape index (κ2) is 7.14. The number of rotatable bonds is 3. The summed E-state index contributed by atoms with van der Waals surface area (Å²) in [7, 11) is 0. The average molecular weight is 378 g/mol. The topological polar surface area (TPSA) is 98.2 Å². The van der Waals surface area contributed by atoms with Crippen LogP contribution in [-0.4, -0.2) is 56.4 Å². The van der Waals surface area contributed by atoms with E-state index in [1.165, 1.54) is 11.8 Å². The molecule has 0 saturated carbocycles. The maximum Gasteiger partial charge on any atom is 1.00 e. The molecule has 2 amide bonds. The van der Waals surface area contributed by atoms with Gasteiger partial charge in [0.25, 0.3) is 5.91 Å². The van der Waals surface area contributed by atoms with Crippen LogP contribution in [0.4, 0.5) is 0 Å². The van der Waals surface area contributed by atoms with Crippen LogP contribution in [0.2, 0.25) is 0 Å². The van der Waals surface area contributed by atoms with E-state index in [2.05, 4.69) is 0 Å². The summed E-state index contributed by atoms with van der Waals surface area (Å²) in [4.78, 5) is 39.0. The van der Waals surface area contributed by atoms with Crippen LogP contribution in [-0.2, 0) is 14.4 Å². The number of nitrogens with zero attached hydrogens (tertiary/aromatic N) is 2. The van der Waals surface area contributed by atoms with Gasteiger partial charge in [0.2, 0.25) is 5.91 Å². The Balaban J connectivity index is 0.00000140. The van der Waals surface area contributed by atoms with Gasteiger partial charge in [-0.15, -0.1) is 0 Å². The summed E-state index contributed by atoms with van der Waals surface area (Å²) in [6.45, 7) is 1.90. The normalized spacial score (nSPS) is 26.0. The van der Waals surface area contributed by atoms with Crippen molar-refractivity contribution >= 4 is 23.9 Å². The molecule has 3 aliphatic rings. The monoisotopic (exact) mass is 378 g/mol. The molecule has 4 rings (SSSR count). The number of carboxylic acid groups (broad SMARTS) is 1. The van der Waals surface area contributed by atoms with Gasteiger partial charge in [0.1, 0.15) is 17.5 Å². The first-order chi connectivity index (χ1) is 12.4. The molecule has 0 unspecified atom stereocenters. The molecule has 1 aromatic carbocycles. The predicted molar refractivity (Wildman–Crippen MR) is 92.8 cm³/mol. The van der Waals surface area contributed by atoms with Crippen LogP contribution < -0.4 is 29.6 Å². The molecule has 3 heterocycles. The Bertz CT molecular complexity index is 883. The molecular weight excluding hydrogens is 359 g/mol. The van der Waals surface area contributed by atoms with Crippen molar-refractivity contribution in [3.05, 3.63) is 47.2 Å². The van der Waals surface area contributed by atoms with Gasteiger partial charge in [-0.05, 0) is 29.7 Å². The zero-order chi connectivity index (χ0) is 18.6. The van der Waals surface area contributed by atoms with E-state index in [1.807, 2.05) is 0 Å². The van der Waals surface area contributed by atoms with Crippen LogP contribution in [0.25, 0.3) is 6.08 Å². The van der Waals surface area contributed by atoms with Crippen LogP contribution in [0, 0.1) is 5.92 Å². The molecule has 0 radical (unpaired) electrons. The zero-order valence-electron chi connectivity index (χ0n) is 16.1. The minimum Gasteiger partial charge on any atom is -1.00 e. The average Bonchev–Trinajstić information content (AvgIpc) is 2.96. The standard InChI is InChI=1S/C19H18N2O5.Na.H/c1-10(22)20-9-13-8-12(5-2-11-3-6-14(23)7-4-11)16(19(25)26)21-15(13)17(20)18(21)24;;/h2-7,13,15,17,23H,8-9H2,1H3,(H,25,26);;/q;+1;-1/b5-2+;;/t13-,15-,17+;;/m1../s1. The number of aromatic hydroxyl groups is 1. The quantitative estimate of drug-likeness (QED) is 0.484. The van der Waals surface area contributed by atoms with Crippen molar-refractivity contribution in [2.45, 2.75) is 25.4 Å². The molecule has 136 valence electrons. The van der Waals surface area contributed by atoms with Gasteiger partial charge in [-0.1, -0.05) is 24.3 Å². The third kappa shape index (κ3) is 3.09. The number of allylic oxidation sites excluding steroid dienone is 2. The molecule has 0 aliphatic carbocycles. The smallest absolute Gasteiger partial charge is 1.00 e. The van der Waals surface area contributed by atoms with Crippen LogP contribution in [0.3, 0.4) is 0 Å². The van der Waals surface area contributed by atoms with E-state index in [0.29, 0.717) is 18.5 Å². The van der Waals surface area contributed by atoms with Crippen LogP contribution in [0.15, 0.2) is 41.6 Å². The summed E-state index contributed by atoms with van der Waals surface area (Å²) in [6, 6.07) is 5.78. The van der Waals surface area contributed by atoms with Gasteiger partial charge in [-0.2, -0.15) is 0 Å². The first kappa shape index (κ1) is 19.7. The van der Waals surface area contributed by atoms with Crippen molar-refractivity contribution in [2.75, 3.05) is 6.54 Å². The first-order valence-corrected chi connectivity index (χ1v) is 8.42. The number of benzene rings is 1. The number of β-lactam (4-membered cyclic amide) rings is 1. The van der Waals surface area contributed by atoms with E-state index in [0.717, 1.165) is 5.56 Å². The number of carbonyl (C=O) groups is 3. The van der Waals surface area contributed by atoms with Crippen LogP contribution in [0.5, 0.6) is 5.75 Å². The molecule has 3 aliphatic heterocycles. The van der Waals surface area contributed by atoms with E-state index in [9.17, 15) is 24.6 Å². The Morgan fingerprint density at radius 1 is 1.22 bits per heavy atom. The molecule has 2 saturated heterocycles. The molecule has 0 spiro atoms. The Hall–Kier alpha value is -2.09. The maximum absolute atomic E-state index is 12.5. The van der Waals surface area contributed by atoms with Crippen molar-refractivity contribution in [1.29, 1.82) is 0 Å². The van der Waals surface area contributed by atoms with Gasteiger partial charge in [-0.3, -0.25) is 14.5 Å². The fourth-order valence-corrected chi connectivity index (χ4v) is 4.23. The molecule has 27 heavy (non-hydrogen) atoms. The fourth-order valence-electron chi connectivity index (χ4n) is 4.23. The Morgan fingerprint density at radius 2 is 1.89 bits per heavy atom. The Kier molecular flexibility index (Phi) is 5.20. The van der Waals surface area contributed by atoms with Gasteiger partial charge in [0.15, 0.2) is 0 Å². The van der Waals surface area contributed by atoms with Crippen LogP contribution in [0.1, 0.15) is 20.3 Å². The molecule has 0 bridgehead atoms. The van der Waals surface area contributed by atoms with Gasteiger partial charge < -0.3 is 16.5 Å². The number of likely N-dealkylation sites (tertiary alicyclic amines) is 1. The third-order valence-electron chi connectivity index (χ3n) is 5.37. The van der Waals surface area contributed by atoms with Crippen molar-refractivity contribution in [3.8, 4) is 5.75 Å². The Labute approximate surface area is 179 Å². The molecule has 1 aromatic rings. The third-order valence-corrected chi connectivity index (χ3v) is 5.37. The summed E-state index contributed by atoms with van der Waals surface area (Å²) in [5.41, 5.74) is 1.39. The molecule has 7 nitrogen and oxygen atoms in total. The number of carbonyl (C=O) groups excluding carboxylic acids is 2. The van der Waals surface area contributed by atoms with Gasteiger partial charge in [0, 0.05) is 19.4 Å². The summed E-state index contributed by atoms with van der Waals surface area (Å²) >= 11 is 0. The van der Waals surface area contributed by atoms with E-state index < -0.39 is 12.0 Å². The van der Waals surface area contributed by atoms with Gasteiger partial charge in [0.05, 0.1) is 6.04 Å². The van der Waals surface area contributed by atoms with Crippen molar-refractivity contribution in [1.82, 2.24) is 9.80 Å². The van der Waals surface area contributed by atoms with E-state index in [4.69, 9.17) is 0 Å². The summed E-state index contributed by atoms with van der Waals surface area (Å²) < 4.78 is 0. The summed E-state index contributed by atoms with van der Waals surface area (Å²) in [6.07, 6.45) is 3.98. The van der Waals surface area contributed by atoms with E-state index >= 15 is 0 Å². The zero-order valence-corrected chi connectivity index (χ0v) is 17.1. The largest absolute Gasteiger partial charge is 1.00 e. The van der Waals surface area contributed by atoms with Crippen molar-refractivity contribution in [2.24, 2.45) is 5.92 Å².